The highest BCUT2D eigenvalue weighted by molar-refractivity contribution is 6.35. The number of carbonyl (C=O) groups excluding carboxylic acids is 1. The van der Waals surface area contributed by atoms with E-state index in [0.29, 0.717) is 26.5 Å². The van der Waals surface area contributed by atoms with Gasteiger partial charge < -0.3 is 23.7 Å². The number of halogens is 4. The molecule has 2 aromatic rings. The largest absolute Gasteiger partial charge is 0.454 e. The Hall–Kier alpha value is -1.09. The van der Waals surface area contributed by atoms with Gasteiger partial charge in [-0.2, -0.15) is 0 Å². The summed E-state index contributed by atoms with van der Waals surface area (Å²) in [6, 6.07) is 10.3. The van der Waals surface area contributed by atoms with Gasteiger partial charge in [0.2, 0.25) is 0 Å². The Morgan fingerprint density at radius 2 is 1.56 bits per heavy atom. The highest BCUT2D eigenvalue weighted by Crippen LogP contribution is 2.31. The third kappa shape index (κ3) is 7.45. The van der Waals surface area contributed by atoms with Crippen LogP contribution in [0.3, 0.4) is 0 Å². The Labute approximate surface area is 219 Å². The summed E-state index contributed by atoms with van der Waals surface area (Å²) in [6.07, 6.45) is -1.87. The van der Waals surface area contributed by atoms with Gasteiger partial charge in [-0.3, -0.25) is 4.79 Å². The van der Waals surface area contributed by atoms with E-state index in [-0.39, 0.29) is 32.2 Å². The summed E-state index contributed by atoms with van der Waals surface area (Å²) in [4.78, 5) is 12.3. The van der Waals surface area contributed by atoms with E-state index in [2.05, 4.69) is 0 Å². The molecule has 0 unspecified atom stereocenters. The van der Waals surface area contributed by atoms with Gasteiger partial charge in [0.1, 0.15) is 12.2 Å². The van der Waals surface area contributed by atoms with Gasteiger partial charge in [-0.05, 0) is 41.8 Å². The minimum atomic E-state index is -0.806. The van der Waals surface area contributed by atoms with E-state index in [1.807, 2.05) is 6.92 Å². The molecule has 1 aliphatic heterocycles. The zero-order valence-electron chi connectivity index (χ0n) is 18.8. The maximum Gasteiger partial charge on any atom is 0.306 e. The Kier molecular flexibility index (Phi) is 10.7. The van der Waals surface area contributed by atoms with E-state index in [4.69, 9.17) is 70.1 Å². The van der Waals surface area contributed by atoms with Crippen LogP contribution in [0.4, 0.5) is 0 Å². The quantitative estimate of drug-likeness (QED) is 0.298. The first-order valence-corrected chi connectivity index (χ1v) is 12.3. The summed E-state index contributed by atoms with van der Waals surface area (Å²) >= 11 is 24.5. The predicted molar refractivity (Wildman–Crippen MR) is 132 cm³/mol. The predicted octanol–water partition coefficient (Wildman–Crippen LogP) is 6.49. The molecule has 2 aromatic carbocycles. The molecule has 0 bridgehead atoms. The standard InChI is InChI=1S/C24H26Cl4O6/c1-3-4-21(29)34-23-22(32-12-15-6-8-17(26)10-19(15)28)20(33-24(23)30-2)13-31-11-14-5-7-16(25)9-18(14)27/h5-10,20,22-24H,3-4,11-13H2,1-2H3/t20-,22-,23-,24+/m1/s1. The van der Waals surface area contributed by atoms with Crippen molar-refractivity contribution < 1.29 is 28.5 Å². The SMILES string of the molecule is CCCC(=O)O[C@H]1[C@@H](OC)O[C@H](COCc2ccc(Cl)cc2Cl)[C@H]1OCc1ccc(Cl)cc1Cl. The zero-order valence-corrected chi connectivity index (χ0v) is 21.8. The fraction of sp³-hybridized carbons (Fsp3) is 0.458. The molecule has 0 saturated carbocycles. The lowest BCUT2D eigenvalue weighted by atomic mass is 10.1. The van der Waals surface area contributed by atoms with Gasteiger partial charge in [0, 0.05) is 33.6 Å². The molecule has 1 fully saturated rings. The Balaban J connectivity index is 1.72. The molecule has 1 heterocycles. The number of esters is 1. The van der Waals surface area contributed by atoms with Crippen LogP contribution in [0, 0.1) is 0 Å². The molecule has 186 valence electrons. The summed E-state index contributed by atoms with van der Waals surface area (Å²) in [5.41, 5.74) is 1.52. The van der Waals surface area contributed by atoms with Crippen LogP contribution in [-0.2, 0) is 41.7 Å². The van der Waals surface area contributed by atoms with Crippen LogP contribution in [-0.4, -0.2) is 44.3 Å². The van der Waals surface area contributed by atoms with E-state index in [0.717, 1.165) is 11.1 Å². The maximum atomic E-state index is 12.3. The Morgan fingerprint density at radius 3 is 2.12 bits per heavy atom. The monoisotopic (exact) mass is 550 g/mol. The summed E-state index contributed by atoms with van der Waals surface area (Å²) in [5, 5.41) is 2.04. The van der Waals surface area contributed by atoms with Crippen molar-refractivity contribution >= 4 is 52.4 Å². The topological polar surface area (TPSA) is 63.2 Å². The number of hydrogen-bond donors (Lipinski definition) is 0. The first-order valence-electron chi connectivity index (χ1n) is 10.8. The zero-order chi connectivity index (χ0) is 24.7. The van der Waals surface area contributed by atoms with E-state index >= 15 is 0 Å². The van der Waals surface area contributed by atoms with E-state index in [9.17, 15) is 4.79 Å². The van der Waals surface area contributed by atoms with Gasteiger partial charge in [-0.1, -0.05) is 65.5 Å². The minimum absolute atomic E-state index is 0.152. The first kappa shape index (κ1) is 27.5. The van der Waals surface area contributed by atoms with Crippen LogP contribution in [0.15, 0.2) is 36.4 Å². The molecular weight excluding hydrogens is 526 g/mol. The molecule has 10 heteroatoms. The lowest BCUT2D eigenvalue weighted by molar-refractivity contribution is -0.182. The lowest BCUT2D eigenvalue weighted by Gasteiger charge is -2.24. The van der Waals surface area contributed by atoms with E-state index < -0.39 is 24.6 Å². The Bertz CT molecular complexity index is 972. The number of benzene rings is 2. The number of ether oxygens (including phenoxy) is 5. The van der Waals surface area contributed by atoms with Crippen LogP contribution in [0.25, 0.3) is 0 Å². The number of rotatable bonds is 11. The van der Waals surface area contributed by atoms with Crippen molar-refractivity contribution in [3.05, 3.63) is 67.6 Å². The third-order valence-corrected chi connectivity index (χ3v) is 6.40. The molecule has 0 aliphatic carbocycles. The summed E-state index contributed by atoms with van der Waals surface area (Å²) in [7, 11) is 1.48. The van der Waals surface area contributed by atoms with Crippen molar-refractivity contribution in [1.82, 2.24) is 0 Å². The molecule has 0 amide bonds. The molecule has 6 nitrogen and oxygen atoms in total. The average Bonchev–Trinajstić information content (AvgIpc) is 3.11. The van der Waals surface area contributed by atoms with Crippen LogP contribution in [0.5, 0.6) is 0 Å². The highest BCUT2D eigenvalue weighted by atomic mass is 35.5. The molecule has 1 aliphatic rings. The van der Waals surface area contributed by atoms with Crippen LogP contribution < -0.4 is 0 Å². The number of methoxy groups -OCH3 is 1. The smallest absolute Gasteiger partial charge is 0.306 e. The Morgan fingerprint density at radius 1 is 0.941 bits per heavy atom. The van der Waals surface area contributed by atoms with Crippen LogP contribution >= 0.6 is 46.4 Å². The lowest BCUT2D eigenvalue weighted by Crippen LogP contribution is -2.40. The van der Waals surface area contributed by atoms with Crippen molar-refractivity contribution in [1.29, 1.82) is 0 Å². The van der Waals surface area contributed by atoms with Crippen LogP contribution in [0.2, 0.25) is 20.1 Å². The molecule has 34 heavy (non-hydrogen) atoms. The fourth-order valence-electron chi connectivity index (χ4n) is 3.51. The molecule has 0 spiro atoms. The summed E-state index contributed by atoms with van der Waals surface area (Å²) in [5.74, 6) is -0.356. The number of hydrogen-bond acceptors (Lipinski definition) is 6. The first-order chi connectivity index (χ1) is 16.3. The second-order valence-electron chi connectivity index (χ2n) is 7.75. The van der Waals surface area contributed by atoms with Gasteiger partial charge in [-0.25, -0.2) is 0 Å². The fourth-order valence-corrected chi connectivity index (χ4v) is 4.43. The molecule has 1 saturated heterocycles. The normalized spacial score (nSPS) is 22.2. The molecule has 0 radical (unpaired) electrons. The van der Waals surface area contributed by atoms with Gasteiger partial charge in [0.15, 0.2) is 12.4 Å². The van der Waals surface area contributed by atoms with Gasteiger partial charge >= 0.3 is 5.97 Å². The highest BCUT2D eigenvalue weighted by Gasteiger charge is 2.48. The van der Waals surface area contributed by atoms with Crippen molar-refractivity contribution in [2.24, 2.45) is 0 Å². The molecule has 0 aromatic heterocycles. The van der Waals surface area contributed by atoms with Crippen molar-refractivity contribution in [2.75, 3.05) is 13.7 Å². The molecule has 3 rings (SSSR count). The minimum Gasteiger partial charge on any atom is -0.454 e. The summed E-state index contributed by atoms with van der Waals surface area (Å²) < 4.78 is 29.1. The van der Waals surface area contributed by atoms with E-state index in [1.165, 1.54) is 7.11 Å². The van der Waals surface area contributed by atoms with Crippen molar-refractivity contribution in [3.8, 4) is 0 Å². The van der Waals surface area contributed by atoms with Gasteiger partial charge in [0.25, 0.3) is 0 Å². The van der Waals surface area contributed by atoms with E-state index in [1.54, 1.807) is 36.4 Å². The second-order valence-corrected chi connectivity index (χ2v) is 9.43. The van der Waals surface area contributed by atoms with Crippen LogP contribution in [0.1, 0.15) is 30.9 Å². The number of carbonyl (C=O) groups is 1. The summed E-state index contributed by atoms with van der Waals surface area (Å²) in [6.45, 7) is 2.44. The van der Waals surface area contributed by atoms with Crippen molar-refractivity contribution in [3.63, 3.8) is 0 Å². The molecule has 0 N–H and O–H groups in total. The molecule has 4 atom stereocenters. The van der Waals surface area contributed by atoms with Crippen molar-refractivity contribution in [2.45, 2.75) is 57.6 Å². The third-order valence-electron chi connectivity index (χ3n) is 5.22. The average molecular weight is 552 g/mol. The maximum absolute atomic E-state index is 12.3. The van der Waals surface area contributed by atoms with Gasteiger partial charge in [-0.15, -0.1) is 0 Å². The molecular formula is C24H26Cl4O6. The van der Waals surface area contributed by atoms with Gasteiger partial charge in [0.05, 0.1) is 19.8 Å². The second kappa shape index (κ2) is 13.3.